The number of hydrogen-bond acceptors (Lipinski definition) is 2. The molecule has 1 aromatic heterocycles. The Morgan fingerprint density at radius 3 is 2.62 bits per heavy atom. The van der Waals surface area contributed by atoms with Gasteiger partial charge in [0.2, 0.25) is 0 Å². The van der Waals surface area contributed by atoms with E-state index < -0.39 is 0 Å². The summed E-state index contributed by atoms with van der Waals surface area (Å²) in [6.45, 7) is 0. The second-order valence-corrected chi connectivity index (χ2v) is 5.89. The van der Waals surface area contributed by atoms with Crippen LogP contribution in [-0.2, 0) is 0 Å². The highest BCUT2D eigenvalue weighted by Gasteiger charge is 2.26. The fourth-order valence-corrected chi connectivity index (χ4v) is 3.11. The van der Waals surface area contributed by atoms with E-state index in [9.17, 15) is 5.11 Å². The summed E-state index contributed by atoms with van der Waals surface area (Å²) >= 11 is 0. The maximum Gasteiger partial charge on any atom is 0.0818 e. The van der Waals surface area contributed by atoms with E-state index in [1.165, 1.54) is 12.0 Å². The number of hydrogen-bond donors (Lipinski definition) is 2. The molecule has 21 heavy (non-hydrogen) atoms. The Morgan fingerprint density at radius 1 is 1.10 bits per heavy atom. The van der Waals surface area contributed by atoms with Gasteiger partial charge in [-0.15, -0.1) is 0 Å². The molecular weight excluding hydrogens is 260 g/mol. The molecule has 3 heteroatoms. The first-order chi connectivity index (χ1) is 10.3. The zero-order chi connectivity index (χ0) is 14.2. The van der Waals surface area contributed by atoms with Crippen molar-refractivity contribution in [3.8, 4) is 11.1 Å². The molecule has 4 rings (SSSR count). The van der Waals surface area contributed by atoms with Gasteiger partial charge in [0.25, 0.3) is 0 Å². The van der Waals surface area contributed by atoms with Crippen LogP contribution >= 0.6 is 0 Å². The third-order valence-electron chi connectivity index (χ3n) is 4.64. The minimum Gasteiger partial charge on any atom is -0.388 e. The van der Waals surface area contributed by atoms with E-state index in [-0.39, 0.29) is 6.10 Å². The highest BCUT2D eigenvalue weighted by Crippen LogP contribution is 2.38. The maximum absolute atomic E-state index is 10.3. The lowest BCUT2D eigenvalue weighted by molar-refractivity contribution is 0.0621. The topological polar surface area (TPSA) is 48.9 Å². The number of benzene rings is 2. The quantitative estimate of drug-likeness (QED) is 0.759. The lowest BCUT2D eigenvalue weighted by Gasteiger charge is -2.30. The van der Waals surface area contributed by atoms with E-state index in [1.54, 1.807) is 0 Å². The number of rotatable bonds is 3. The Bertz CT molecular complexity index is 756. The van der Waals surface area contributed by atoms with Crippen molar-refractivity contribution in [1.29, 1.82) is 0 Å². The molecule has 0 radical (unpaired) electrons. The van der Waals surface area contributed by atoms with Gasteiger partial charge in [-0.25, -0.2) is 0 Å². The number of H-pyrrole nitrogens is 1. The van der Waals surface area contributed by atoms with Crippen LogP contribution in [0.5, 0.6) is 0 Å². The first kappa shape index (κ1) is 12.6. The largest absolute Gasteiger partial charge is 0.388 e. The molecule has 2 N–H and O–H groups in total. The van der Waals surface area contributed by atoms with Crippen LogP contribution in [0.4, 0.5) is 0 Å². The summed E-state index contributed by atoms with van der Waals surface area (Å²) in [4.78, 5) is 0. The predicted octanol–water partition coefficient (Wildman–Crippen LogP) is 4.06. The molecule has 1 fully saturated rings. The average molecular weight is 278 g/mol. The van der Waals surface area contributed by atoms with Crippen LogP contribution in [0.3, 0.4) is 0 Å². The van der Waals surface area contributed by atoms with Gasteiger partial charge in [0.05, 0.1) is 17.8 Å². The van der Waals surface area contributed by atoms with Crippen LogP contribution in [0, 0.1) is 5.92 Å². The van der Waals surface area contributed by atoms with Crippen LogP contribution in [-0.4, -0.2) is 15.3 Å². The maximum atomic E-state index is 10.3. The Hall–Kier alpha value is -2.13. The predicted molar refractivity (Wildman–Crippen MR) is 83.8 cm³/mol. The number of aliphatic hydroxyl groups is 1. The van der Waals surface area contributed by atoms with Gasteiger partial charge >= 0.3 is 0 Å². The monoisotopic (exact) mass is 278 g/mol. The Morgan fingerprint density at radius 2 is 1.90 bits per heavy atom. The van der Waals surface area contributed by atoms with Crippen molar-refractivity contribution in [2.45, 2.75) is 25.4 Å². The van der Waals surface area contributed by atoms with Crippen molar-refractivity contribution >= 4 is 10.9 Å². The van der Waals surface area contributed by atoms with Crippen molar-refractivity contribution in [2.75, 3.05) is 0 Å². The summed E-state index contributed by atoms with van der Waals surface area (Å²) < 4.78 is 0. The Labute approximate surface area is 123 Å². The highest BCUT2D eigenvalue weighted by atomic mass is 16.3. The lowest BCUT2D eigenvalue weighted by atomic mass is 9.78. The minimum absolute atomic E-state index is 0.308. The molecule has 1 aliphatic carbocycles. The summed E-state index contributed by atoms with van der Waals surface area (Å²) in [5, 5.41) is 18.6. The molecule has 3 nitrogen and oxygen atoms in total. The minimum atomic E-state index is -0.308. The van der Waals surface area contributed by atoms with Crippen molar-refractivity contribution in [2.24, 2.45) is 5.92 Å². The second-order valence-electron chi connectivity index (χ2n) is 5.89. The lowest BCUT2D eigenvalue weighted by Crippen LogP contribution is -2.19. The van der Waals surface area contributed by atoms with Gasteiger partial charge in [0, 0.05) is 5.39 Å². The number of aliphatic hydroxyl groups excluding tert-OH is 1. The average Bonchev–Trinajstić information content (AvgIpc) is 2.94. The van der Waals surface area contributed by atoms with Gasteiger partial charge in [-0.05, 0) is 41.5 Å². The van der Waals surface area contributed by atoms with E-state index in [4.69, 9.17) is 0 Å². The van der Waals surface area contributed by atoms with E-state index in [2.05, 4.69) is 40.5 Å². The van der Waals surface area contributed by atoms with Crippen LogP contribution in [0.15, 0.2) is 48.7 Å². The highest BCUT2D eigenvalue weighted by molar-refractivity contribution is 5.94. The van der Waals surface area contributed by atoms with E-state index >= 15 is 0 Å². The molecule has 106 valence electrons. The zero-order valence-electron chi connectivity index (χ0n) is 11.8. The number of nitrogens with zero attached hydrogens (tertiary/aromatic N) is 1. The van der Waals surface area contributed by atoms with Crippen LogP contribution in [0.1, 0.15) is 30.9 Å². The Kier molecular flexibility index (Phi) is 3.00. The Balaban J connectivity index is 1.68. The van der Waals surface area contributed by atoms with Crippen molar-refractivity contribution in [1.82, 2.24) is 10.2 Å². The van der Waals surface area contributed by atoms with Gasteiger partial charge in [0.15, 0.2) is 0 Å². The normalized spacial score (nSPS) is 16.8. The summed E-state index contributed by atoms with van der Waals surface area (Å²) in [6, 6.07) is 14.5. The third kappa shape index (κ3) is 2.14. The molecule has 0 amide bonds. The van der Waals surface area contributed by atoms with Crippen LogP contribution in [0.2, 0.25) is 0 Å². The summed E-state index contributed by atoms with van der Waals surface area (Å²) in [5.74, 6) is 0.452. The molecule has 1 saturated carbocycles. The third-order valence-corrected chi connectivity index (χ3v) is 4.64. The second kappa shape index (κ2) is 5.01. The molecule has 2 aromatic carbocycles. The van der Waals surface area contributed by atoms with E-state index in [0.717, 1.165) is 34.9 Å². The molecule has 0 aliphatic heterocycles. The van der Waals surface area contributed by atoms with Gasteiger partial charge in [0.1, 0.15) is 0 Å². The van der Waals surface area contributed by atoms with Crippen molar-refractivity contribution in [3.05, 3.63) is 54.2 Å². The fraction of sp³-hybridized carbons (Fsp3) is 0.278. The molecule has 1 atom stereocenters. The fourth-order valence-electron chi connectivity index (χ4n) is 3.11. The van der Waals surface area contributed by atoms with E-state index in [1.807, 2.05) is 18.3 Å². The number of fused-ring (bicyclic) bond motifs is 1. The standard InChI is InChI=1S/C18H18N2O/c21-18(13-3-1-4-13)14-9-7-12(8-10-14)15-5-2-6-17-16(15)11-19-20-17/h2,5-11,13,18,21H,1,3-4H2,(H,19,20). The van der Waals surface area contributed by atoms with Crippen molar-refractivity contribution < 1.29 is 5.11 Å². The van der Waals surface area contributed by atoms with Gasteiger partial charge in [-0.1, -0.05) is 42.8 Å². The molecule has 1 heterocycles. The van der Waals surface area contributed by atoms with Crippen LogP contribution in [0.25, 0.3) is 22.0 Å². The van der Waals surface area contributed by atoms with E-state index in [0.29, 0.717) is 5.92 Å². The first-order valence-electron chi connectivity index (χ1n) is 7.53. The smallest absolute Gasteiger partial charge is 0.0818 e. The zero-order valence-corrected chi connectivity index (χ0v) is 11.8. The van der Waals surface area contributed by atoms with Gasteiger partial charge < -0.3 is 5.11 Å². The van der Waals surface area contributed by atoms with Crippen molar-refractivity contribution in [3.63, 3.8) is 0 Å². The SMILES string of the molecule is OC(c1ccc(-c2cccc3[nH]ncc23)cc1)C1CCC1. The van der Waals surface area contributed by atoms with Gasteiger partial charge in [-0.2, -0.15) is 5.10 Å². The molecule has 0 bridgehead atoms. The van der Waals surface area contributed by atoms with Gasteiger partial charge in [-0.3, -0.25) is 5.10 Å². The first-order valence-corrected chi connectivity index (χ1v) is 7.53. The number of aromatic amines is 1. The summed E-state index contributed by atoms with van der Waals surface area (Å²) in [7, 11) is 0. The molecule has 0 saturated heterocycles. The summed E-state index contributed by atoms with van der Waals surface area (Å²) in [5.41, 5.74) is 4.41. The molecule has 1 aliphatic rings. The molecular formula is C18H18N2O. The molecule has 3 aromatic rings. The number of nitrogens with one attached hydrogen (secondary N) is 1. The molecule has 0 spiro atoms. The number of aromatic nitrogens is 2. The van der Waals surface area contributed by atoms with Crippen LogP contribution < -0.4 is 0 Å². The summed E-state index contributed by atoms with van der Waals surface area (Å²) in [6.07, 6.45) is 5.11. The molecule has 1 unspecified atom stereocenters.